The van der Waals surface area contributed by atoms with Gasteiger partial charge in [-0.2, -0.15) is 0 Å². The Kier molecular flexibility index (Phi) is 5.21. The average Bonchev–Trinajstić information content (AvgIpc) is 2.62. The Morgan fingerprint density at radius 3 is 2.54 bits per heavy atom. The first-order valence-corrected chi connectivity index (χ1v) is 8.73. The van der Waals surface area contributed by atoms with E-state index in [4.69, 9.17) is 4.74 Å². The number of hydrogen-bond donors (Lipinski definition) is 1. The molecule has 1 aliphatic rings. The first kappa shape index (κ1) is 17.9. The molecule has 0 unspecified atom stereocenters. The number of para-hydroxylation sites is 1. The second kappa shape index (κ2) is 7.56. The number of ether oxygens (including phenoxy) is 1. The highest BCUT2D eigenvalue weighted by Gasteiger charge is 2.24. The number of amides is 1. The molecule has 1 N–H and O–H groups in total. The van der Waals surface area contributed by atoms with Gasteiger partial charge in [-0.1, -0.05) is 24.3 Å². The lowest BCUT2D eigenvalue weighted by molar-refractivity contribution is 0.0270. The molecular weight excluding hydrogens is 328 g/mol. The van der Waals surface area contributed by atoms with Crippen LogP contribution >= 0.6 is 0 Å². The van der Waals surface area contributed by atoms with Gasteiger partial charge in [-0.25, -0.2) is 14.8 Å². The van der Waals surface area contributed by atoms with E-state index in [9.17, 15) is 4.79 Å². The molecule has 1 aromatic heterocycles. The number of carbonyl (C=O) groups is 1. The van der Waals surface area contributed by atoms with Crippen LogP contribution in [0.1, 0.15) is 32.8 Å². The molecule has 6 heteroatoms. The third-order valence-corrected chi connectivity index (χ3v) is 3.95. The molecule has 1 aromatic carbocycles. The minimum Gasteiger partial charge on any atom is -0.444 e. The summed E-state index contributed by atoms with van der Waals surface area (Å²) >= 11 is 0. The Hall–Kier alpha value is -2.89. The Labute approximate surface area is 153 Å². The topological polar surface area (TPSA) is 67.3 Å². The van der Waals surface area contributed by atoms with Crippen molar-refractivity contribution >= 4 is 23.3 Å². The zero-order valence-electron chi connectivity index (χ0n) is 15.4. The summed E-state index contributed by atoms with van der Waals surface area (Å²) in [6.45, 7) is 6.81. The van der Waals surface area contributed by atoms with Gasteiger partial charge in [0.25, 0.3) is 0 Å². The van der Waals surface area contributed by atoms with Crippen molar-refractivity contribution < 1.29 is 9.53 Å². The molecule has 6 nitrogen and oxygen atoms in total. The maximum absolute atomic E-state index is 12.2. The van der Waals surface area contributed by atoms with Crippen molar-refractivity contribution in [2.75, 3.05) is 18.4 Å². The van der Waals surface area contributed by atoms with Crippen LogP contribution in [0.4, 0.5) is 16.4 Å². The van der Waals surface area contributed by atoms with Gasteiger partial charge in [0.15, 0.2) is 0 Å². The van der Waals surface area contributed by atoms with Gasteiger partial charge in [-0.15, -0.1) is 0 Å². The normalized spacial score (nSPS) is 14.6. The number of carbonyl (C=O) groups excluding carboxylic acids is 1. The quantitative estimate of drug-likeness (QED) is 0.895. The van der Waals surface area contributed by atoms with E-state index in [1.165, 1.54) is 5.57 Å². The molecule has 0 spiro atoms. The number of nitrogens with one attached hydrogen (secondary N) is 1. The van der Waals surface area contributed by atoms with Gasteiger partial charge in [-0.3, -0.25) is 0 Å². The number of anilines is 2. The zero-order chi connectivity index (χ0) is 18.6. The van der Waals surface area contributed by atoms with Crippen LogP contribution in [-0.2, 0) is 4.74 Å². The Balaban J connectivity index is 1.74. The fraction of sp³-hybridized carbons (Fsp3) is 0.350. The van der Waals surface area contributed by atoms with E-state index < -0.39 is 5.60 Å². The third-order valence-electron chi connectivity index (χ3n) is 3.95. The molecule has 136 valence electrons. The van der Waals surface area contributed by atoms with Gasteiger partial charge in [0.1, 0.15) is 5.60 Å². The fourth-order valence-electron chi connectivity index (χ4n) is 2.76. The summed E-state index contributed by atoms with van der Waals surface area (Å²) in [5.41, 5.74) is 2.77. The van der Waals surface area contributed by atoms with Crippen molar-refractivity contribution in [2.24, 2.45) is 0 Å². The molecule has 3 rings (SSSR count). The van der Waals surface area contributed by atoms with Gasteiger partial charge >= 0.3 is 6.09 Å². The highest BCUT2D eigenvalue weighted by atomic mass is 16.6. The van der Waals surface area contributed by atoms with Crippen LogP contribution in [0.25, 0.3) is 5.57 Å². The number of rotatable bonds is 3. The van der Waals surface area contributed by atoms with Gasteiger partial charge < -0.3 is 15.0 Å². The lowest BCUT2D eigenvalue weighted by Crippen LogP contribution is -2.39. The first-order chi connectivity index (χ1) is 12.4. The minimum absolute atomic E-state index is 0.267. The Morgan fingerprint density at radius 1 is 1.15 bits per heavy atom. The zero-order valence-corrected chi connectivity index (χ0v) is 15.4. The van der Waals surface area contributed by atoms with Crippen LogP contribution < -0.4 is 5.32 Å². The lowest BCUT2D eigenvalue weighted by atomic mass is 9.98. The molecular formula is C20H24N4O2. The lowest BCUT2D eigenvalue weighted by Gasteiger charge is -2.30. The van der Waals surface area contributed by atoms with E-state index in [2.05, 4.69) is 27.4 Å². The Bertz CT molecular complexity index is 797. The largest absolute Gasteiger partial charge is 0.444 e. The minimum atomic E-state index is -0.479. The fourth-order valence-corrected chi connectivity index (χ4v) is 2.76. The summed E-state index contributed by atoms with van der Waals surface area (Å²) in [4.78, 5) is 22.4. The molecule has 2 heterocycles. The molecule has 1 aliphatic heterocycles. The van der Waals surface area contributed by atoms with Crippen molar-refractivity contribution in [1.82, 2.24) is 14.9 Å². The van der Waals surface area contributed by atoms with Crippen molar-refractivity contribution in [2.45, 2.75) is 32.8 Å². The molecule has 0 aliphatic carbocycles. The van der Waals surface area contributed by atoms with E-state index in [-0.39, 0.29) is 6.09 Å². The van der Waals surface area contributed by atoms with E-state index in [1.807, 2.05) is 39.0 Å². The monoisotopic (exact) mass is 352 g/mol. The summed E-state index contributed by atoms with van der Waals surface area (Å²) in [7, 11) is 0. The summed E-state index contributed by atoms with van der Waals surface area (Å²) in [5.74, 6) is 0.562. The molecule has 0 fully saturated rings. The predicted molar refractivity (Wildman–Crippen MR) is 102 cm³/mol. The molecule has 0 radical (unpaired) electrons. The molecule has 0 saturated heterocycles. The smallest absolute Gasteiger partial charge is 0.410 e. The van der Waals surface area contributed by atoms with E-state index >= 15 is 0 Å². The van der Waals surface area contributed by atoms with Crippen molar-refractivity contribution in [1.29, 1.82) is 0 Å². The molecule has 26 heavy (non-hydrogen) atoms. The van der Waals surface area contributed by atoms with Crippen LogP contribution in [0, 0.1) is 0 Å². The van der Waals surface area contributed by atoms with E-state index in [0.717, 1.165) is 17.7 Å². The van der Waals surface area contributed by atoms with Crippen molar-refractivity contribution in [3.05, 3.63) is 54.4 Å². The van der Waals surface area contributed by atoms with Gasteiger partial charge in [-0.05, 0) is 44.9 Å². The highest BCUT2D eigenvalue weighted by molar-refractivity contribution is 5.80. The maximum atomic E-state index is 12.2. The molecule has 0 bridgehead atoms. The van der Waals surface area contributed by atoms with Gasteiger partial charge in [0.05, 0.1) is 0 Å². The van der Waals surface area contributed by atoms with Crippen LogP contribution in [-0.4, -0.2) is 39.7 Å². The second-order valence-electron chi connectivity index (χ2n) is 7.15. The number of benzene rings is 1. The highest BCUT2D eigenvalue weighted by Crippen LogP contribution is 2.30. The summed E-state index contributed by atoms with van der Waals surface area (Å²) in [6, 6.07) is 9.84. The second-order valence-corrected chi connectivity index (χ2v) is 7.15. The third kappa shape index (κ3) is 4.59. The van der Waals surface area contributed by atoms with Gasteiger partial charge in [0.2, 0.25) is 5.95 Å². The maximum Gasteiger partial charge on any atom is 0.410 e. The number of hydrogen-bond acceptors (Lipinski definition) is 5. The molecule has 0 saturated carbocycles. The van der Waals surface area contributed by atoms with E-state index in [1.54, 1.807) is 23.4 Å². The van der Waals surface area contributed by atoms with E-state index in [0.29, 0.717) is 19.0 Å². The van der Waals surface area contributed by atoms with Crippen LogP contribution in [0.15, 0.2) is 48.8 Å². The SMILES string of the molecule is CC(C)(C)OC(=O)N1CC=C(c2ccccc2Nc2ncccn2)CC1. The Morgan fingerprint density at radius 2 is 1.88 bits per heavy atom. The summed E-state index contributed by atoms with van der Waals surface area (Å²) in [5, 5.41) is 3.27. The van der Waals surface area contributed by atoms with Crippen LogP contribution in [0.3, 0.4) is 0 Å². The number of nitrogens with zero attached hydrogens (tertiary/aromatic N) is 3. The first-order valence-electron chi connectivity index (χ1n) is 8.73. The number of aromatic nitrogens is 2. The molecule has 2 aromatic rings. The predicted octanol–water partition coefficient (Wildman–Crippen LogP) is 4.24. The standard InChI is InChI=1S/C20H24N4O2/c1-20(2,3)26-19(25)24-13-9-15(10-14-24)16-7-4-5-8-17(16)23-18-21-11-6-12-22-18/h4-9,11-12H,10,13-14H2,1-3H3,(H,21,22,23). The van der Waals surface area contributed by atoms with Crippen LogP contribution in [0.2, 0.25) is 0 Å². The van der Waals surface area contributed by atoms with Crippen molar-refractivity contribution in [3.63, 3.8) is 0 Å². The van der Waals surface area contributed by atoms with Crippen LogP contribution in [0.5, 0.6) is 0 Å². The van der Waals surface area contributed by atoms with Crippen molar-refractivity contribution in [3.8, 4) is 0 Å². The van der Waals surface area contributed by atoms with Gasteiger partial charge in [0, 0.05) is 36.7 Å². The molecule has 0 atom stereocenters. The summed E-state index contributed by atoms with van der Waals surface area (Å²) in [6.07, 6.45) is 6.00. The molecule has 1 amide bonds. The average molecular weight is 352 g/mol. The summed E-state index contributed by atoms with van der Waals surface area (Å²) < 4.78 is 5.45.